The minimum atomic E-state index is 0. The zero-order valence-electron chi connectivity index (χ0n) is 10.2. The molecule has 0 radical (unpaired) electrons. The Morgan fingerprint density at radius 3 is 2.56 bits per heavy atom. The minimum Gasteiger partial charge on any atom is -0.361 e. The summed E-state index contributed by atoms with van der Waals surface area (Å²) in [6.07, 6.45) is 3.82. The van der Waals surface area contributed by atoms with E-state index in [1.54, 1.807) is 0 Å². The van der Waals surface area contributed by atoms with E-state index in [1.165, 1.54) is 15.1 Å². The molecule has 0 bridgehead atoms. The van der Waals surface area contributed by atoms with E-state index in [-0.39, 0.29) is 24.8 Å². The number of pyridine rings is 1. The number of likely N-dealkylation sites (N-methyl/N-ethyl adjacent to an activating group) is 1. The average molecular weight is 306 g/mol. The van der Waals surface area contributed by atoms with E-state index in [2.05, 4.69) is 34.0 Å². The van der Waals surface area contributed by atoms with Gasteiger partial charge < -0.3 is 9.80 Å². The number of nitrogens with zero attached hydrogens (tertiary/aromatic N) is 3. The molecule has 1 fully saturated rings. The van der Waals surface area contributed by atoms with E-state index in [4.69, 9.17) is 0 Å². The second-order valence-electron chi connectivity index (χ2n) is 4.29. The van der Waals surface area contributed by atoms with Gasteiger partial charge in [-0.3, -0.25) is 4.98 Å². The number of hydrogen-bond donors (Lipinski definition) is 0. The van der Waals surface area contributed by atoms with Gasteiger partial charge in [0.2, 0.25) is 0 Å². The fourth-order valence-corrected chi connectivity index (χ4v) is 3.13. The summed E-state index contributed by atoms with van der Waals surface area (Å²) < 4.78 is 1.34. The highest BCUT2D eigenvalue weighted by Crippen LogP contribution is 2.32. The highest BCUT2D eigenvalue weighted by molar-refractivity contribution is 7.22. The largest absolute Gasteiger partial charge is 0.361 e. The number of halogens is 2. The third kappa shape index (κ3) is 3.06. The molecule has 18 heavy (non-hydrogen) atoms. The normalized spacial score (nSPS) is 16.2. The van der Waals surface area contributed by atoms with E-state index in [0.717, 1.165) is 26.2 Å². The van der Waals surface area contributed by atoms with Gasteiger partial charge in [-0.15, -0.1) is 36.2 Å². The highest BCUT2D eigenvalue weighted by atomic mass is 35.5. The van der Waals surface area contributed by atoms with Crippen molar-refractivity contribution >= 4 is 51.2 Å². The molecule has 0 amide bonds. The Morgan fingerprint density at radius 2 is 1.89 bits per heavy atom. The van der Waals surface area contributed by atoms with Crippen LogP contribution in [0.5, 0.6) is 0 Å². The molecule has 6 heteroatoms. The zero-order valence-corrected chi connectivity index (χ0v) is 12.7. The fraction of sp³-hybridized carbons (Fsp3) is 0.417. The lowest BCUT2D eigenvalue weighted by atomic mass is 10.3. The van der Waals surface area contributed by atoms with Gasteiger partial charge in [0, 0.05) is 48.7 Å². The number of hydrogen-bond acceptors (Lipinski definition) is 4. The topological polar surface area (TPSA) is 19.4 Å². The van der Waals surface area contributed by atoms with Crippen molar-refractivity contribution in [3.8, 4) is 0 Å². The number of aromatic nitrogens is 1. The van der Waals surface area contributed by atoms with Crippen LogP contribution in [0.15, 0.2) is 24.5 Å². The lowest BCUT2D eigenvalue weighted by Crippen LogP contribution is -2.44. The quantitative estimate of drug-likeness (QED) is 0.807. The van der Waals surface area contributed by atoms with Crippen molar-refractivity contribution in [2.45, 2.75) is 0 Å². The van der Waals surface area contributed by atoms with Crippen LogP contribution >= 0.6 is 36.2 Å². The molecule has 100 valence electrons. The van der Waals surface area contributed by atoms with Crippen LogP contribution in [0.3, 0.4) is 0 Å². The monoisotopic (exact) mass is 305 g/mol. The van der Waals surface area contributed by atoms with Crippen molar-refractivity contribution in [1.82, 2.24) is 9.88 Å². The molecule has 2 aromatic heterocycles. The van der Waals surface area contributed by atoms with Crippen molar-refractivity contribution in [3.05, 3.63) is 24.5 Å². The lowest BCUT2D eigenvalue weighted by Gasteiger charge is -2.32. The van der Waals surface area contributed by atoms with Gasteiger partial charge in [0.05, 0.1) is 5.00 Å². The van der Waals surface area contributed by atoms with E-state index < -0.39 is 0 Å². The Morgan fingerprint density at radius 1 is 1.17 bits per heavy atom. The standard InChI is InChI=1S/C12H15N3S.2ClH/c1-14-4-6-15(7-5-14)12-8-10-9-13-3-2-11(10)16-12;;/h2-3,8-9H,4-7H2,1H3;2*1H. The Balaban J connectivity index is 0.000000810. The third-order valence-electron chi connectivity index (χ3n) is 3.12. The summed E-state index contributed by atoms with van der Waals surface area (Å²) in [5, 5.41) is 2.65. The van der Waals surface area contributed by atoms with Gasteiger partial charge in [-0.2, -0.15) is 0 Å². The molecule has 2 aromatic rings. The van der Waals surface area contributed by atoms with Crippen LogP contribution in [-0.4, -0.2) is 43.1 Å². The number of rotatable bonds is 1. The van der Waals surface area contributed by atoms with Crippen molar-refractivity contribution in [2.24, 2.45) is 0 Å². The molecular formula is C12H17Cl2N3S. The predicted molar refractivity (Wildman–Crippen MR) is 83.8 cm³/mol. The number of anilines is 1. The molecule has 1 saturated heterocycles. The predicted octanol–water partition coefficient (Wildman–Crippen LogP) is 2.89. The smallest absolute Gasteiger partial charge is 0.0922 e. The van der Waals surface area contributed by atoms with Crippen molar-refractivity contribution in [1.29, 1.82) is 0 Å². The lowest BCUT2D eigenvalue weighted by molar-refractivity contribution is 0.313. The Labute approximate surface area is 124 Å². The van der Waals surface area contributed by atoms with Crippen LogP contribution in [0.2, 0.25) is 0 Å². The molecule has 1 aliphatic heterocycles. The molecule has 3 rings (SSSR count). The van der Waals surface area contributed by atoms with Crippen LogP contribution in [0.1, 0.15) is 0 Å². The summed E-state index contributed by atoms with van der Waals surface area (Å²) >= 11 is 1.87. The van der Waals surface area contributed by atoms with E-state index >= 15 is 0 Å². The van der Waals surface area contributed by atoms with E-state index in [9.17, 15) is 0 Å². The molecule has 0 N–H and O–H groups in total. The Kier molecular flexibility index (Phi) is 5.66. The van der Waals surface area contributed by atoms with Crippen LogP contribution in [0, 0.1) is 0 Å². The summed E-state index contributed by atoms with van der Waals surface area (Å²) in [5.41, 5.74) is 0. The SMILES string of the molecule is CN1CCN(c2cc3cnccc3s2)CC1.Cl.Cl. The minimum absolute atomic E-state index is 0. The number of piperazine rings is 1. The second kappa shape index (κ2) is 6.57. The van der Waals surface area contributed by atoms with Crippen molar-refractivity contribution < 1.29 is 0 Å². The Hall–Kier alpha value is -0.550. The van der Waals surface area contributed by atoms with Gasteiger partial charge in [0.1, 0.15) is 0 Å². The highest BCUT2D eigenvalue weighted by Gasteiger charge is 2.15. The molecule has 0 atom stereocenters. The average Bonchev–Trinajstić information content (AvgIpc) is 2.73. The maximum atomic E-state index is 4.16. The van der Waals surface area contributed by atoms with Crippen LogP contribution in [-0.2, 0) is 0 Å². The molecule has 0 saturated carbocycles. The number of thiophene rings is 1. The van der Waals surface area contributed by atoms with Gasteiger partial charge in [-0.05, 0) is 19.2 Å². The molecular weight excluding hydrogens is 289 g/mol. The summed E-state index contributed by atoms with van der Waals surface area (Å²) in [4.78, 5) is 9.02. The van der Waals surface area contributed by atoms with E-state index in [1.807, 2.05) is 23.7 Å². The molecule has 0 unspecified atom stereocenters. The summed E-state index contributed by atoms with van der Waals surface area (Å²) in [6, 6.07) is 4.36. The van der Waals surface area contributed by atoms with Crippen LogP contribution in [0.25, 0.3) is 10.1 Å². The van der Waals surface area contributed by atoms with Gasteiger partial charge in [-0.25, -0.2) is 0 Å². The zero-order chi connectivity index (χ0) is 11.0. The third-order valence-corrected chi connectivity index (χ3v) is 4.30. The van der Waals surface area contributed by atoms with E-state index in [0.29, 0.717) is 0 Å². The van der Waals surface area contributed by atoms with Crippen LogP contribution in [0.4, 0.5) is 5.00 Å². The first-order chi connectivity index (χ1) is 7.83. The number of fused-ring (bicyclic) bond motifs is 1. The first-order valence-corrected chi connectivity index (χ1v) is 6.41. The molecule has 3 nitrogen and oxygen atoms in total. The van der Waals surface area contributed by atoms with Gasteiger partial charge in [-0.1, -0.05) is 0 Å². The second-order valence-corrected chi connectivity index (χ2v) is 5.35. The summed E-state index contributed by atoms with van der Waals surface area (Å²) in [5.74, 6) is 0. The summed E-state index contributed by atoms with van der Waals surface area (Å²) in [7, 11) is 2.19. The fourth-order valence-electron chi connectivity index (χ4n) is 2.05. The van der Waals surface area contributed by atoms with Crippen LogP contribution < -0.4 is 4.90 Å². The summed E-state index contributed by atoms with van der Waals surface area (Å²) in [6.45, 7) is 4.59. The van der Waals surface area contributed by atoms with Gasteiger partial charge in [0.15, 0.2) is 0 Å². The van der Waals surface area contributed by atoms with Gasteiger partial charge in [0.25, 0.3) is 0 Å². The van der Waals surface area contributed by atoms with Crippen molar-refractivity contribution in [3.63, 3.8) is 0 Å². The first-order valence-electron chi connectivity index (χ1n) is 5.60. The Bertz CT molecular complexity index is 462. The first kappa shape index (κ1) is 15.5. The molecule has 0 spiro atoms. The maximum Gasteiger partial charge on any atom is 0.0922 e. The molecule has 3 heterocycles. The van der Waals surface area contributed by atoms with Crippen molar-refractivity contribution in [2.75, 3.05) is 38.1 Å². The van der Waals surface area contributed by atoms with Gasteiger partial charge >= 0.3 is 0 Å². The molecule has 1 aliphatic rings. The maximum absolute atomic E-state index is 4.16. The molecule has 0 aromatic carbocycles. The molecule has 0 aliphatic carbocycles.